The monoisotopic (exact) mass is 473 g/mol. The number of hydrogen-bond acceptors (Lipinski definition) is 4. The average Bonchev–Trinajstić information content (AvgIpc) is 2.88. The van der Waals surface area contributed by atoms with E-state index in [-0.39, 0.29) is 11.8 Å². The Bertz CT molecular complexity index is 1160. The molecule has 0 atom stereocenters. The van der Waals surface area contributed by atoms with Crippen LogP contribution >= 0.6 is 0 Å². The van der Waals surface area contributed by atoms with Gasteiger partial charge in [-0.15, -0.1) is 0 Å². The van der Waals surface area contributed by atoms with Gasteiger partial charge < -0.3 is 20.3 Å². The smallest absolute Gasteiger partial charge is 0.256 e. The van der Waals surface area contributed by atoms with Crippen LogP contribution in [0.3, 0.4) is 0 Å². The minimum Gasteiger partial charge on any atom is -0.382 e. The van der Waals surface area contributed by atoms with Crippen molar-refractivity contribution in [2.45, 2.75) is 33.1 Å². The Morgan fingerprint density at radius 1 is 0.971 bits per heavy atom. The Balaban J connectivity index is 1.56. The van der Waals surface area contributed by atoms with Crippen LogP contribution in [0.5, 0.6) is 0 Å². The molecule has 0 bridgehead atoms. The van der Waals surface area contributed by atoms with Gasteiger partial charge in [-0.05, 0) is 67.1 Å². The van der Waals surface area contributed by atoms with Crippen molar-refractivity contribution in [2.75, 3.05) is 43.1 Å². The summed E-state index contributed by atoms with van der Waals surface area (Å²) >= 11 is 0. The molecule has 1 saturated heterocycles. The van der Waals surface area contributed by atoms with E-state index in [1.165, 1.54) is 0 Å². The summed E-state index contributed by atoms with van der Waals surface area (Å²) < 4.78 is 5.38. The Morgan fingerprint density at radius 3 is 2.54 bits per heavy atom. The Morgan fingerprint density at radius 2 is 1.74 bits per heavy atom. The van der Waals surface area contributed by atoms with Gasteiger partial charge in [0.25, 0.3) is 11.8 Å². The molecule has 0 saturated carbocycles. The first-order valence-electron chi connectivity index (χ1n) is 12.6. The second kappa shape index (κ2) is 11.8. The SMILES string of the molecule is CCOCCCNC(=O)c1cc(NC(=O)c2cccc3ccccc23)ccc1N1CCC(C)CC1. The van der Waals surface area contributed by atoms with Gasteiger partial charge >= 0.3 is 0 Å². The van der Waals surface area contributed by atoms with Crippen molar-refractivity contribution >= 4 is 34.0 Å². The number of rotatable bonds is 9. The molecule has 4 rings (SSSR count). The predicted molar refractivity (Wildman–Crippen MR) is 142 cm³/mol. The van der Waals surface area contributed by atoms with E-state index in [1.54, 1.807) is 6.07 Å². The zero-order chi connectivity index (χ0) is 24.6. The third-order valence-corrected chi connectivity index (χ3v) is 6.61. The Kier molecular flexibility index (Phi) is 8.37. The van der Waals surface area contributed by atoms with E-state index in [0.29, 0.717) is 42.5 Å². The molecule has 184 valence electrons. The van der Waals surface area contributed by atoms with Gasteiger partial charge in [-0.1, -0.05) is 43.3 Å². The van der Waals surface area contributed by atoms with E-state index in [0.717, 1.165) is 48.8 Å². The van der Waals surface area contributed by atoms with Crippen LogP contribution in [0.1, 0.15) is 53.8 Å². The Hall–Kier alpha value is -3.38. The molecule has 1 heterocycles. The molecule has 0 radical (unpaired) electrons. The van der Waals surface area contributed by atoms with Crippen molar-refractivity contribution in [3.05, 3.63) is 71.8 Å². The van der Waals surface area contributed by atoms with Crippen LogP contribution in [0.2, 0.25) is 0 Å². The van der Waals surface area contributed by atoms with E-state index in [1.807, 2.05) is 61.5 Å². The summed E-state index contributed by atoms with van der Waals surface area (Å²) in [6.45, 7) is 7.92. The molecular formula is C29H35N3O3. The number of anilines is 2. The fourth-order valence-corrected chi connectivity index (χ4v) is 4.56. The molecule has 2 N–H and O–H groups in total. The van der Waals surface area contributed by atoms with Gasteiger partial charge in [0.05, 0.1) is 5.56 Å². The number of amides is 2. The summed E-state index contributed by atoms with van der Waals surface area (Å²) in [7, 11) is 0. The number of carbonyl (C=O) groups is 2. The molecular weight excluding hydrogens is 438 g/mol. The first kappa shape index (κ1) is 24.7. The average molecular weight is 474 g/mol. The normalized spacial score (nSPS) is 14.2. The van der Waals surface area contributed by atoms with Gasteiger partial charge in [0.2, 0.25) is 0 Å². The second-order valence-electron chi connectivity index (χ2n) is 9.19. The molecule has 0 spiro atoms. The molecule has 35 heavy (non-hydrogen) atoms. The number of carbonyl (C=O) groups excluding carboxylic acids is 2. The number of benzene rings is 3. The van der Waals surface area contributed by atoms with Crippen molar-refractivity contribution in [1.29, 1.82) is 0 Å². The van der Waals surface area contributed by atoms with E-state index in [2.05, 4.69) is 22.5 Å². The van der Waals surface area contributed by atoms with Crippen molar-refractivity contribution in [3.8, 4) is 0 Å². The van der Waals surface area contributed by atoms with Crippen LogP contribution in [0.15, 0.2) is 60.7 Å². The minimum absolute atomic E-state index is 0.128. The maximum absolute atomic E-state index is 13.2. The number of nitrogens with one attached hydrogen (secondary N) is 2. The molecule has 1 aliphatic heterocycles. The summed E-state index contributed by atoms with van der Waals surface area (Å²) in [5.74, 6) is 0.377. The zero-order valence-corrected chi connectivity index (χ0v) is 20.7. The molecule has 1 aliphatic rings. The highest BCUT2D eigenvalue weighted by atomic mass is 16.5. The number of hydrogen-bond donors (Lipinski definition) is 2. The van der Waals surface area contributed by atoms with Crippen LogP contribution in [-0.4, -0.2) is 44.7 Å². The van der Waals surface area contributed by atoms with E-state index >= 15 is 0 Å². The van der Waals surface area contributed by atoms with Crippen LogP contribution in [-0.2, 0) is 4.74 Å². The van der Waals surface area contributed by atoms with Crippen LogP contribution < -0.4 is 15.5 Å². The van der Waals surface area contributed by atoms with Crippen molar-refractivity contribution in [3.63, 3.8) is 0 Å². The molecule has 0 aromatic heterocycles. The molecule has 0 aliphatic carbocycles. The second-order valence-corrected chi connectivity index (χ2v) is 9.19. The summed E-state index contributed by atoms with van der Waals surface area (Å²) in [6.07, 6.45) is 2.97. The maximum atomic E-state index is 13.2. The van der Waals surface area contributed by atoms with Crippen LogP contribution in [0.4, 0.5) is 11.4 Å². The lowest BCUT2D eigenvalue weighted by molar-refractivity contribution is 0.0943. The quantitative estimate of drug-likeness (QED) is 0.404. The van der Waals surface area contributed by atoms with Gasteiger partial charge in [0.1, 0.15) is 0 Å². The number of piperidine rings is 1. The highest BCUT2D eigenvalue weighted by Crippen LogP contribution is 2.29. The van der Waals surface area contributed by atoms with Crippen LogP contribution in [0.25, 0.3) is 10.8 Å². The summed E-state index contributed by atoms with van der Waals surface area (Å²) in [5, 5.41) is 7.95. The summed E-state index contributed by atoms with van der Waals surface area (Å²) in [5.41, 5.74) is 2.73. The first-order valence-corrected chi connectivity index (χ1v) is 12.6. The summed E-state index contributed by atoms with van der Waals surface area (Å²) in [4.78, 5) is 28.6. The lowest BCUT2D eigenvalue weighted by Gasteiger charge is -2.33. The predicted octanol–water partition coefficient (Wildman–Crippen LogP) is 5.48. The number of nitrogens with zero attached hydrogens (tertiary/aromatic N) is 1. The first-order chi connectivity index (χ1) is 17.1. The largest absolute Gasteiger partial charge is 0.382 e. The molecule has 2 amide bonds. The topological polar surface area (TPSA) is 70.7 Å². The van der Waals surface area contributed by atoms with Gasteiger partial charge in [-0.25, -0.2) is 0 Å². The van der Waals surface area contributed by atoms with E-state index < -0.39 is 0 Å². The third kappa shape index (κ3) is 6.20. The molecule has 3 aromatic carbocycles. The highest BCUT2D eigenvalue weighted by Gasteiger charge is 2.22. The van der Waals surface area contributed by atoms with Crippen LogP contribution in [0, 0.1) is 5.92 Å². The molecule has 3 aromatic rings. The van der Waals surface area contributed by atoms with Crippen molar-refractivity contribution in [1.82, 2.24) is 5.32 Å². The van der Waals surface area contributed by atoms with Gasteiger partial charge in [0.15, 0.2) is 0 Å². The Labute approximate surface area is 207 Å². The molecule has 6 nitrogen and oxygen atoms in total. The fourth-order valence-electron chi connectivity index (χ4n) is 4.56. The maximum Gasteiger partial charge on any atom is 0.256 e. The fraction of sp³-hybridized carbons (Fsp3) is 0.379. The van der Waals surface area contributed by atoms with E-state index in [4.69, 9.17) is 4.74 Å². The van der Waals surface area contributed by atoms with Crippen molar-refractivity contribution in [2.24, 2.45) is 5.92 Å². The summed E-state index contributed by atoms with van der Waals surface area (Å²) in [6, 6.07) is 19.2. The highest BCUT2D eigenvalue weighted by molar-refractivity contribution is 6.13. The van der Waals surface area contributed by atoms with Gasteiger partial charge in [-0.3, -0.25) is 9.59 Å². The number of ether oxygens (including phenoxy) is 1. The molecule has 6 heteroatoms. The van der Waals surface area contributed by atoms with Gasteiger partial charge in [-0.2, -0.15) is 0 Å². The molecule has 0 unspecified atom stereocenters. The minimum atomic E-state index is -0.190. The third-order valence-electron chi connectivity index (χ3n) is 6.61. The van der Waals surface area contributed by atoms with E-state index in [9.17, 15) is 9.59 Å². The standard InChI is InChI=1S/C29H35N3O3/c1-3-35-19-7-16-30-28(33)26-20-23(12-13-27(26)32-17-14-21(2)15-18-32)31-29(34)25-11-6-9-22-8-4-5-10-24(22)25/h4-6,8-13,20-21H,3,7,14-19H2,1-2H3,(H,30,33)(H,31,34). The number of fused-ring (bicyclic) bond motifs is 1. The van der Waals surface area contributed by atoms with Crippen molar-refractivity contribution < 1.29 is 14.3 Å². The molecule has 1 fully saturated rings. The lowest BCUT2D eigenvalue weighted by Crippen LogP contribution is -2.35. The van der Waals surface area contributed by atoms with Gasteiger partial charge in [0, 0.05) is 49.8 Å². The zero-order valence-electron chi connectivity index (χ0n) is 20.7. The lowest BCUT2D eigenvalue weighted by atomic mass is 9.97.